The van der Waals surface area contributed by atoms with Crippen molar-refractivity contribution in [2.45, 2.75) is 19.8 Å². The Morgan fingerprint density at radius 1 is 1.18 bits per heavy atom. The van der Waals surface area contributed by atoms with Crippen LogP contribution in [0.5, 0.6) is 11.5 Å². The molecule has 0 aliphatic carbocycles. The number of nitriles is 1. The number of halogens is 2. The first-order valence-corrected chi connectivity index (χ1v) is 4.90. The predicted octanol–water partition coefficient (Wildman–Crippen LogP) is 2.94. The number of benzene rings is 1. The zero-order valence-corrected chi connectivity index (χ0v) is 10.1. The number of methoxy groups -OCH3 is 2. The maximum Gasteiger partial charge on any atom is 0.361 e. The van der Waals surface area contributed by atoms with Gasteiger partial charge in [0.2, 0.25) is 0 Å². The highest BCUT2D eigenvalue weighted by atomic mass is 19.3. The maximum absolute atomic E-state index is 13.5. The summed E-state index contributed by atoms with van der Waals surface area (Å²) in [5.74, 6) is -3.26. The van der Waals surface area contributed by atoms with Gasteiger partial charge in [0.15, 0.2) is 0 Å². The molecule has 0 atom stereocenters. The second kappa shape index (κ2) is 4.58. The van der Waals surface area contributed by atoms with Gasteiger partial charge in [0.05, 0.1) is 19.8 Å². The van der Waals surface area contributed by atoms with E-state index >= 15 is 0 Å². The van der Waals surface area contributed by atoms with Crippen LogP contribution in [0.3, 0.4) is 0 Å². The number of hydrogen-bond acceptors (Lipinski definition) is 3. The van der Waals surface area contributed by atoms with Crippen molar-refractivity contribution in [1.29, 1.82) is 5.26 Å². The van der Waals surface area contributed by atoms with Crippen molar-refractivity contribution in [2.75, 3.05) is 14.2 Å². The van der Waals surface area contributed by atoms with Crippen LogP contribution in [0.1, 0.15) is 16.7 Å². The third kappa shape index (κ3) is 2.16. The van der Waals surface area contributed by atoms with E-state index < -0.39 is 11.5 Å². The molecule has 0 fully saturated rings. The Bertz CT molecular complexity index is 478. The van der Waals surface area contributed by atoms with E-state index in [9.17, 15) is 8.78 Å². The van der Waals surface area contributed by atoms with Gasteiger partial charge in [0, 0.05) is 0 Å². The standard InChI is InChI=1S/C12H13F2NO2/c1-7-8(2)11(17-4)9(5-10(7)16-3)12(13,14)6-15/h5H,1-4H3. The number of hydrogen-bond donors (Lipinski definition) is 0. The molecule has 1 rings (SSSR count). The van der Waals surface area contributed by atoms with Gasteiger partial charge in [-0.1, -0.05) is 0 Å². The smallest absolute Gasteiger partial charge is 0.361 e. The molecule has 0 heterocycles. The molecule has 0 bridgehead atoms. The van der Waals surface area contributed by atoms with Crippen LogP contribution in [0.15, 0.2) is 6.07 Å². The van der Waals surface area contributed by atoms with Crippen LogP contribution in [-0.4, -0.2) is 14.2 Å². The van der Waals surface area contributed by atoms with Gasteiger partial charge >= 0.3 is 5.92 Å². The molecule has 3 nitrogen and oxygen atoms in total. The van der Waals surface area contributed by atoms with Crippen molar-refractivity contribution in [3.63, 3.8) is 0 Å². The predicted molar refractivity (Wildman–Crippen MR) is 58.5 cm³/mol. The molecule has 92 valence electrons. The average molecular weight is 241 g/mol. The SMILES string of the molecule is COc1cc(C(F)(F)C#N)c(OC)c(C)c1C. The quantitative estimate of drug-likeness (QED) is 0.817. The van der Waals surface area contributed by atoms with Crippen LogP contribution in [0.25, 0.3) is 0 Å². The topological polar surface area (TPSA) is 42.2 Å². The van der Waals surface area contributed by atoms with Gasteiger partial charge in [-0.2, -0.15) is 14.0 Å². The van der Waals surface area contributed by atoms with E-state index in [0.29, 0.717) is 16.9 Å². The number of rotatable bonds is 3. The fraction of sp³-hybridized carbons (Fsp3) is 0.417. The summed E-state index contributed by atoms with van der Waals surface area (Å²) in [4.78, 5) is 0. The third-order valence-corrected chi connectivity index (χ3v) is 2.70. The lowest BCUT2D eigenvalue weighted by Crippen LogP contribution is -2.13. The molecule has 0 amide bonds. The molecule has 0 saturated heterocycles. The number of alkyl halides is 2. The van der Waals surface area contributed by atoms with Crippen LogP contribution in [0.2, 0.25) is 0 Å². The summed E-state index contributed by atoms with van der Waals surface area (Å²) >= 11 is 0. The van der Waals surface area contributed by atoms with E-state index in [0.717, 1.165) is 12.1 Å². The van der Waals surface area contributed by atoms with Gasteiger partial charge in [-0.15, -0.1) is 0 Å². The Morgan fingerprint density at radius 3 is 2.18 bits per heavy atom. The summed E-state index contributed by atoms with van der Waals surface area (Å²) < 4.78 is 36.9. The van der Waals surface area contributed by atoms with Crippen LogP contribution in [0.4, 0.5) is 8.78 Å². The normalized spacial score (nSPS) is 10.9. The minimum atomic E-state index is -3.60. The van der Waals surface area contributed by atoms with Gasteiger partial charge in [0.25, 0.3) is 0 Å². The molecule has 5 heteroatoms. The van der Waals surface area contributed by atoms with Crippen LogP contribution < -0.4 is 9.47 Å². The van der Waals surface area contributed by atoms with E-state index in [-0.39, 0.29) is 5.75 Å². The van der Waals surface area contributed by atoms with E-state index in [1.807, 2.05) is 0 Å². The summed E-state index contributed by atoms with van der Waals surface area (Å²) in [5, 5.41) is 8.49. The summed E-state index contributed by atoms with van der Waals surface area (Å²) in [6.45, 7) is 3.39. The van der Waals surface area contributed by atoms with Crippen LogP contribution in [0, 0.1) is 25.2 Å². The van der Waals surface area contributed by atoms with Gasteiger partial charge < -0.3 is 9.47 Å². The second-order valence-corrected chi connectivity index (χ2v) is 3.60. The van der Waals surface area contributed by atoms with Crippen LogP contribution in [-0.2, 0) is 5.92 Å². The molecule has 1 aromatic carbocycles. The van der Waals surface area contributed by atoms with Crippen molar-refractivity contribution in [1.82, 2.24) is 0 Å². The van der Waals surface area contributed by atoms with E-state index in [1.54, 1.807) is 13.8 Å². The molecule has 0 unspecified atom stereocenters. The van der Waals surface area contributed by atoms with Crippen molar-refractivity contribution >= 4 is 0 Å². The Balaban J connectivity index is 3.61. The summed E-state index contributed by atoms with van der Waals surface area (Å²) in [6, 6.07) is 2.10. The maximum atomic E-state index is 13.5. The molecule has 0 N–H and O–H groups in total. The molecule has 0 aliphatic heterocycles. The van der Waals surface area contributed by atoms with Gasteiger partial charge in [-0.3, -0.25) is 0 Å². The lowest BCUT2D eigenvalue weighted by Gasteiger charge is -2.18. The first kappa shape index (κ1) is 13.2. The lowest BCUT2D eigenvalue weighted by molar-refractivity contribution is 0.0579. The molecule has 1 aromatic rings. The molecule has 0 aliphatic rings. The third-order valence-electron chi connectivity index (χ3n) is 2.70. The fourth-order valence-corrected chi connectivity index (χ4v) is 1.63. The molecular formula is C12H13F2NO2. The van der Waals surface area contributed by atoms with Crippen molar-refractivity contribution in [3.05, 3.63) is 22.8 Å². The minimum absolute atomic E-state index is 0.0230. The lowest BCUT2D eigenvalue weighted by atomic mass is 9.99. The van der Waals surface area contributed by atoms with Crippen molar-refractivity contribution < 1.29 is 18.3 Å². The van der Waals surface area contributed by atoms with Gasteiger partial charge in [0.1, 0.15) is 17.6 Å². The molecule has 0 radical (unpaired) electrons. The molecule has 0 aromatic heterocycles. The van der Waals surface area contributed by atoms with Crippen molar-refractivity contribution in [2.24, 2.45) is 0 Å². The van der Waals surface area contributed by atoms with E-state index in [1.165, 1.54) is 14.2 Å². The van der Waals surface area contributed by atoms with Gasteiger partial charge in [-0.05, 0) is 31.0 Å². The number of nitrogens with zero attached hydrogens (tertiary/aromatic N) is 1. The molecule has 17 heavy (non-hydrogen) atoms. The average Bonchev–Trinajstić information content (AvgIpc) is 2.32. The minimum Gasteiger partial charge on any atom is -0.496 e. The summed E-state index contributed by atoms with van der Waals surface area (Å²) in [6.07, 6.45) is 0. The van der Waals surface area contributed by atoms with Gasteiger partial charge in [-0.25, -0.2) is 0 Å². The molecule has 0 saturated carbocycles. The Kier molecular flexibility index (Phi) is 3.56. The second-order valence-electron chi connectivity index (χ2n) is 3.60. The Morgan fingerprint density at radius 2 is 1.76 bits per heavy atom. The summed E-state index contributed by atoms with van der Waals surface area (Å²) in [7, 11) is 2.69. The molecular weight excluding hydrogens is 228 g/mol. The first-order valence-electron chi connectivity index (χ1n) is 4.90. The van der Waals surface area contributed by atoms with E-state index in [2.05, 4.69) is 0 Å². The Labute approximate surface area is 98.6 Å². The first-order chi connectivity index (χ1) is 7.88. The highest BCUT2D eigenvalue weighted by Gasteiger charge is 2.36. The van der Waals surface area contributed by atoms with Crippen molar-refractivity contribution in [3.8, 4) is 17.6 Å². The van der Waals surface area contributed by atoms with E-state index in [4.69, 9.17) is 14.7 Å². The van der Waals surface area contributed by atoms with Crippen LogP contribution >= 0.6 is 0 Å². The fourth-order valence-electron chi connectivity index (χ4n) is 1.63. The Hall–Kier alpha value is -1.83. The largest absolute Gasteiger partial charge is 0.496 e. The monoisotopic (exact) mass is 241 g/mol. The zero-order valence-electron chi connectivity index (χ0n) is 10.1. The zero-order chi connectivity index (χ0) is 13.2. The summed E-state index contributed by atoms with van der Waals surface area (Å²) in [5.41, 5.74) is 0.779. The molecule has 0 spiro atoms. The highest BCUT2D eigenvalue weighted by Crippen LogP contribution is 2.41. The highest BCUT2D eigenvalue weighted by molar-refractivity contribution is 5.55. The number of ether oxygens (including phenoxy) is 2.